The molecule has 0 aliphatic heterocycles. The van der Waals surface area contributed by atoms with Gasteiger partial charge in [-0.15, -0.1) is 0 Å². The lowest BCUT2D eigenvalue weighted by Gasteiger charge is -2.19. The maximum absolute atomic E-state index is 5.68. The molecule has 0 radical (unpaired) electrons. The van der Waals surface area contributed by atoms with Gasteiger partial charge in [-0.2, -0.15) is 0 Å². The summed E-state index contributed by atoms with van der Waals surface area (Å²) in [6.07, 6.45) is 1.00. The first-order valence-corrected chi connectivity index (χ1v) is 7.26. The molecule has 10 heavy (non-hydrogen) atoms. The molecule has 2 N–H and O–H groups in total. The Morgan fingerprint density at radius 3 is 2.20 bits per heavy atom. The Labute approximate surface area is 64.9 Å². The summed E-state index contributed by atoms with van der Waals surface area (Å²) < 4.78 is 5.60. The number of rotatable bonds is 4. The average molecular weight is 161 g/mol. The molecular weight excluding hydrogens is 142 g/mol. The van der Waals surface area contributed by atoms with Crippen molar-refractivity contribution >= 4 is 8.32 Å². The molecule has 2 nitrogen and oxygen atoms in total. The fourth-order valence-corrected chi connectivity index (χ4v) is 1.19. The van der Waals surface area contributed by atoms with Crippen LogP contribution in [0.3, 0.4) is 0 Å². The molecule has 3 heteroatoms. The van der Waals surface area contributed by atoms with E-state index in [0.717, 1.165) is 13.0 Å². The van der Waals surface area contributed by atoms with Gasteiger partial charge in [-0.25, -0.2) is 0 Å². The van der Waals surface area contributed by atoms with Crippen LogP contribution in [0.25, 0.3) is 0 Å². The lowest BCUT2D eigenvalue weighted by Crippen LogP contribution is -2.34. The van der Waals surface area contributed by atoms with Crippen molar-refractivity contribution < 1.29 is 4.43 Å². The highest BCUT2D eigenvalue weighted by Crippen LogP contribution is 2.03. The second-order valence-electron chi connectivity index (χ2n) is 3.59. The Morgan fingerprint density at radius 1 is 1.40 bits per heavy atom. The van der Waals surface area contributed by atoms with Gasteiger partial charge in [0.2, 0.25) is 0 Å². The van der Waals surface area contributed by atoms with E-state index in [4.69, 9.17) is 10.2 Å². The van der Waals surface area contributed by atoms with Crippen LogP contribution >= 0.6 is 0 Å². The van der Waals surface area contributed by atoms with Crippen LogP contribution in [0, 0.1) is 0 Å². The summed E-state index contributed by atoms with van der Waals surface area (Å²) in [5.41, 5.74) is 5.68. The third kappa shape index (κ3) is 6.26. The second-order valence-corrected chi connectivity index (χ2v) is 8.11. The number of nitrogens with two attached hydrogens (primary N) is 1. The van der Waals surface area contributed by atoms with Crippen molar-refractivity contribution in [2.75, 3.05) is 6.61 Å². The molecular formula is C7H19NOSi. The molecule has 0 saturated heterocycles. The fourth-order valence-electron chi connectivity index (χ4n) is 0.475. The summed E-state index contributed by atoms with van der Waals surface area (Å²) in [6.45, 7) is 9.34. The Balaban J connectivity index is 3.36. The quantitative estimate of drug-likeness (QED) is 0.635. The molecule has 0 unspecified atom stereocenters. The van der Waals surface area contributed by atoms with Crippen molar-refractivity contribution in [1.29, 1.82) is 0 Å². The predicted octanol–water partition coefficient (Wildman–Crippen LogP) is 1.58. The van der Waals surface area contributed by atoms with Gasteiger partial charge in [-0.05, 0) is 26.1 Å². The molecule has 0 aliphatic rings. The molecule has 0 aromatic carbocycles. The Morgan fingerprint density at radius 2 is 1.90 bits per heavy atom. The Hall–Kier alpha value is 0.137. The molecule has 0 aromatic heterocycles. The summed E-state index contributed by atoms with van der Waals surface area (Å²) in [5, 5.41) is 0. The van der Waals surface area contributed by atoms with E-state index in [9.17, 15) is 0 Å². The third-order valence-electron chi connectivity index (χ3n) is 1.25. The maximum Gasteiger partial charge on any atom is 0.183 e. The first kappa shape index (κ1) is 10.1. The van der Waals surface area contributed by atoms with Crippen LogP contribution in [-0.4, -0.2) is 21.0 Å². The summed E-state index contributed by atoms with van der Waals surface area (Å²) >= 11 is 0. The number of hydrogen-bond acceptors (Lipinski definition) is 2. The molecule has 0 heterocycles. The van der Waals surface area contributed by atoms with Crippen molar-refractivity contribution in [3.8, 4) is 0 Å². The molecule has 0 fully saturated rings. The van der Waals surface area contributed by atoms with Gasteiger partial charge in [0, 0.05) is 12.6 Å². The zero-order valence-corrected chi connectivity index (χ0v) is 8.48. The van der Waals surface area contributed by atoms with E-state index in [1.54, 1.807) is 0 Å². The monoisotopic (exact) mass is 161 g/mol. The molecule has 0 bridgehead atoms. The zero-order chi connectivity index (χ0) is 8.20. The van der Waals surface area contributed by atoms with Gasteiger partial charge in [-0.1, -0.05) is 6.92 Å². The molecule has 62 valence electrons. The predicted molar refractivity (Wildman–Crippen MR) is 47.6 cm³/mol. The molecule has 0 spiro atoms. The van der Waals surface area contributed by atoms with Gasteiger partial charge in [0.05, 0.1) is 0 Å². The summed E-state index contributed by atoms with van der Waals surface area (Å²) in [5.74, 6) is 0. The van der Waals surface area contributed by atoms with Crippen molar-refractivity contribution in [1.82, 2.24) is 0 Å². The normalized spacial score (nSPS) is 15.3. The van der Waals surface area contributed by atoms with Crippen LogP contribution in [0.5, 0.6) is 0 Å². The second kappa shape index (κ2) is 4.11. The minimum atomic E-state index is -1.32. The standard InChI is InChI=1S/C7H19NOSi/c1-5-7(8)6-9-10(2,3)4/h7H,5-6,8H2,1-4H3/t7-/m1/s1. The largest absolute Gasteiger partial charge is 0.416 e. The highest BCUT2D eigenvalue weighted by molar-refractivity contribution is 6.69. The van der Waals surface area contributed by atoms with E-state index in [-0.39, 0.29) is 6.04 Å². The molecule has 0 amide bonds. The highest BCUT2D eigenvalue weighted by atomic mass is 28.4. The van der Waals surface area contributed by atoms with Gasteiger partial charge in [-0.3, -0.25) is 0 Å². The summed E-state index contributed by atoms with van der Waals surface area (Å²) in [6, 6.07) is 0.228. The highest BCUT2D eigenvalue weighted by Gasteiger charge is 2.14. The first-order valence-electron chi connectivity index (χ1n) is 3.85. The maximum atomic E-state index is 5.68. The van der Waals surface area contributed by atoms with Crippen molar-refractivity contribution in [2.24, 2.45) is 5.73 Å². The topological polar surface area (TPSA) is 35.2 Å². The molecule has 0 aliphatic carbocycles. The van der Waals surface area contributed by atoms with Crippen LogP contribution in [-0.2, 0) is 4.43 Å². The molecule has 1 atom stereocenters. The lowest BCUT2D eigenvalue weighted by atomic mass is 10.3. The van der Waals surface area contributed by atoms with Crippen LogP contribution in [0.2, 0.25) is 19.6 Å². The van der Waals surface area contributed by atoms with Crippen molar-refractivity contribution in [3.63, 3.8) is 0 Å². The van der Waals surface area contributed by atoms with E-state index >= 15 is 0 Å². The summed E-state index contributed by atoms with van der Waals surface area (Å²) in [7, 11) is -1.32. The minimum absolute atomic E-state index is 0.228. The van der Waals surface area contributed by atoms with Gasteiger partial charge >= 0.3 is 0 Å². The van der Waals surface area contributed by atoms with Gasteiger partial charge in [0.25, 0.3) is 0 Å². The lowest BCUT2D eigenvalue weighted by molar-refractivity contribution is 0.279. The Kier molecular flexibility index (Phi) is 4.16. The summed E-state index contributed by atoms with van der Waals surface area (Å²) in [4.78, 5) is 0. The van der Waals surface area contributed by atoms with Gasteiger partial charge < -0.3 is 10.2 Å². The third-order valence-corrected chi connectivity index (χ3v) is 2.29. The van der Waals surface area contributed by atoms with Crippen LogP contribution in [0.15, 0.2) is 0 Å². The van der Waals surface area contributed by atoms with Gasteiger partial charge in [0.15, 0.2) is 8.32 Å². The van der Waals surface area contributed by atoms with E-state index in [1.807, 2.05) is 0 Å². The van der Waals surface area contributed by atoms with E-state index in [0.29, 0.717) is 0 Å². The van der Waals surface area contributed by atoms with E-state index in [2.05, 4.69) is 26.6 Å². The SMILES string of the molecule is CC[C@@H](N)CO[Si](C)(C)C. The van der Waals surface area contributed by atoms with Crippen LogP contribution in [0.4, 0.5) is 0 Å². The van der Waals surface area contributed by atoms with Gasteiger partial charge in [0.1, 0.15) is 0 Å². The molecule has 0 rings (SSSR count). The van der Waals surface area contributed by atoms with Crippen LogP contribution in [0.1, 0.15) is 13.3 Å². The molecule has 0 aromatic rings. The van der Waals surface area contributed by atoms with E-state index < -0.39 is 8.32 Å². The van der Waals surface area contributed by atoms with Crippen molar-refractivity contribution in [3.05, 3.63) is 0 Å². The van der Waals surface area contributed by atoms with Crippen molar-refractivity contribution in [2.45, 2.75) is 39.0 Å². The smallest absolute Gasteiger partial charge is 0.183 e. The van der Waals surface area contributed by atoms with E-state index in [1.165, 1.54) is 0 Å². The first-order chi connectivity index (χ1) is 4.45. The number of hydrogen-bond donors (Lipinski definition) is 1. The minimum Gasteiger partial charge on any atom is -0.416 e. The fraction of sp³-hybridized carbons (Fsp3) is 1.00. The Bertz CT molecular complexity index is 90.1. The van der Waals surface area contributed by atoms with Crippen LogP contribution < -0.4 is 5.73 Å². The zero-order valence-electron chi connectivity index (χ0n) is 7.48. The average Bonchev–Trinajstić information content (AvgIpc) is 1.81. The molecule has 0 saturated carbocycles.